The molecule has 1 saturated heterocycles. The van der Waals surface area contributed by atoms with Crippen molar-refractivity contribution in [1.29, 1.82) is 5.41 Å². The summed E-state index contributed by atoms with van der Waals surface area (Å²) in [6, 6.07) is 13.1. The van der Waals surface area contributed by atoms with Gasteiger partial charge < -0.3 is 49.6 Å². The normalized spacial score (nSPS) is 27.6. The van der Waals surface area contributed by atoms with E-state index in [0.717, 1.165) is 0 Å². The molecule has 8 rings (SSSR count). The zero-order valence-electron chi connectivity index (χ0n) is 28.5. The van der Waals surface area contributed by atoms with Gasteiger partial charge in [-0.2, -0.15) is 4.99 Å². The minimum atomic E-state index is -1.80. The first-order valence-electron chi connectivity index (χ1n) is 17.3. The topological polar surface area (TPSA) is 261 Å². The van der Waals surface area contributed by atoms with Crippen LogP contribution in [0, 0.1) is 5.41 Å². The maximum atomic E-state index is 14.4. The van der Waals surface area contributed by atoms with Crippen LogP contribution in [0.4, 0.5) is 5.69 Å². The number of ether oxygens (including phenoxy) is 4. The van der Waals surface area contributed by atoms with E-state index in [2.05, 4.69) is 15.0 Å². The van der Waals surface area contributed by atoms with E-state index in [0.29, 0.717) is 21.7 Å². The molecule has 0 aromatic heterocycles. The Labute approximate surface area is 306 Å². The third kappa shape index (κ3) is 5.91. The SMILES string of the molecule is N=C1N=C([O-])C2=NC[NH+](c3ccccc3C3CCOCC4OC(Oc5c3cc3c(c5OCCO)C(=O)c5cc(CO)ccc5C3=O)C(O)C(O)C4O)C2=N1. The minimum absolute atomic E-state index is 0.0147. The second kappa shape index (κ2) is 14.2. The van der Waals surface area contributed by atoms with Crippen LogP contribution in [0.2, 0.25) is 0 Å². The van der Waals surface area contributed by atoms with Crippen molar-refractivity contribution < 1.29 is 64.1 Å². The summed E-state index contributed by atoms with van der Waals surface area (Å²) < 4.78 is 24.4. The zero-order chi connectivity index (χ0) is 37.8. The molecule has 280 valence electrons. The summed E-state index contributed by atoms with van der Waals surface area (Å²) in [5.41, 5.74) is 1.83. The first kappa shape index (κ1) is 35.8. The van der Waals surface area contributed by atoms with Crippen molar-refractivity contribution in [3.8, 4) is 11.5 Å². The molecule has 0 saturated carbocycles. The molecule has 1 fully saturated rings. The molecule has 4 heterocycles. The lowest BCUT2D eigenvalue weighted by atomic mass is 9.78. The zero-order valence-corrected chi connectivity index (χ0v) is 28.5. The molecule has 0 radical (unpaired) electrons. The van der Waals surface area contributed by atoms with Crippen molar-refractivity contribution in [3.05, 3.63) is 87.5 Å². The molecule has 17 nitrogen and oxygen atoms in total. The average Bonchev–Trinajstić information content (AvgIpc) is 3.59. The van der Waals surface area contributed by atoms with Crippen LogP contribution in [0.5, 0.6) is 11.5 Å². The molecule has 1 aliphatic carbocycles. The van der Waals surface area contributed by atoms with E-state index < -0.39 is 66.7 Å². The fourth-order valence-corrected chi connectivity index (χ4v) is 7.54. The second-order valence-electron chi connectivity index (χ2n) is 13.3. The maximum Gasteiger partial charge on any atom is 0.262 e. The molecule has 2 bridgehead atoms. The number of para-hydroxylation sites is 1. The number of hydrogen-bond donors (Lipinski definition) is 7. The molecule has 3 aromatic rings. The number of carbonyl (C=O) groups is 2. The van der Waals surface area contributed by atoms with Gasteiger partial charge in [0.15, 0.2) is 35.4 Å². The van der Waals surface area contributed by atoms with Gasteiger partial charge in [-0.1, -0.05) is 24.3 Å². The molecule has 7 atom stereocenters. The first-order valence-corrected chi connectivity index (χ1v) is 17.3. The number of carbonyl (C=O) groups excluding carboxylic acids is 2. The monoisotopic (exact) mass is 741 g/mol. The number of nitrogens with one attached hydrogen (secondary N) is 2. The minimum Gasteiger partial charge on any atom is -0.857 e. The van der Waals surface area contributed by atoms with Crippen LogP contribution in [-0.2, 0) is 16.1 Å². The third-order valence-corrected chi connectivity index (χ3v) is 10.1. The molecule has 0 spiro atoms. The quantitative estimate of drug-likeness (QED) is 0.114. The molecular formula is C37H35N5O12. The lowest BCUT2D eigenvalue weighted by Crippen LogP contribution is -3.09. The third-order valence-electron chi connectivity index (χ3n) is 10.1. The molecular weight excluding hydrogens is 706 g/mol. The lowest BCUT2D eigenvalue weighted by molar-refractivity contribution is -0.723. The average molecular weight is 742 g/mol. The highest BCUT2D eigenvalue weighted by atomic mass is 16.7. The number of fused-ring (bicyclic) bond motifs is 6. The number of guanidine groups is 1. The molecule has 3 aromatic carbocycles. The van der Waals surface area contributed by atoms with Gasteiger partial charge in [-0.25, -0.2) is 14.9 Å². The van der Waals surface area contributed by atoms with Crippen molar-refractivity contribution in [2.24, 2.45) is 15.0 Å². The van der Waals surface area contributed by atoms with Crippen molar-refractivity contribution >= 4 is 40.7 Å². The Morgan fingerprint density at radius 1 is 0.944 bits per heavy atom. The number of aliphatic hydroxyl groups excluding tert-OH is 5. The number of aliphatic imine (C=N–C) groups is 3. The van der Waals surface area contributed by atoms with Crippen molar-refractivity contribution in [2.45, 2.75) is 49.7 Å². The highest BCUT2D eigenvalue weighted by Gasteiger charge is 2.47. The predicted molar refractivity (Wildman–Crippen MR) is 185 cm³/mol. The van der Waals surface area contributed by atoms with Gasteiger partial charge in [0.2, 0.25) is 12.2 Å². The number of quaternary nitrogens is 1. The van der Waals surface area contributed by atoms with Crippen LogP contribution in [0.1, 0.15) is 60.9 Å². The van der Waals surface area contributed by atoms with Gasteiger partial charge in [-0.15, -0.1) is 0 Å². The molecule has 54 heavy (non-hydrogen) atoms. The molecule has 7 unspecified atom stereocenters. The van der Waals surface area contributed by atoms with E-state index in [1.54, 1.807) is 24.3 Å². The maximum absolute atomic E-state index is 14.4. The number of amidine groups is 1. The van der Waals surface area contributed by atoms with Crippen LogP contribution in [0.15, 0.2) is 63.5 Å². The summed E-state index contributed by atoms with van der Waals surface area (Å²) in [6.45, 7) is -1.33. The van der Waals surface area contributed by atoms with E-state index in [4.69, 9.17) is 24.4 Å². The molecule has 7 N–H and O–H groups in total. The first-order chi connectivity index (χ1) is 26.1. The van der Waals surface area contributed by atoms with Crippen molar-refractivity contribution in [3.63, 3.8) is 0 Å². The van der Waals surface area contributed by atoms with Crippen LogP contribution in [0.25, 0.3) is 0 Å². The fourth-order valence-electron chi connectivity index (χ4n) is 7.54. The van der Waals surface area contributed by atoms with Gasteiger partial charge in [0.25, 0.3) is 5.84 Å². The lowest BCUT2D eigenvalue weighted by Gasteiger charge is -2.40. The number of aliphatic hydroxyl groups is 5. The summed E-state index contributed by atoms with van der Waals surface area (Å²) in [7, 11) is 0. The largest absolute Gasteiger partial charge is 0.857 e. The number of benzene rings is 3. The van der Waals surface area contributed by atoms with Crippen LogP contribution >= 0.6 is 0 Å². The summed E-state index contributed by atoms with van der Waals surface area (Å²) in [5.74, 6) is -3.20. The van der Waals surface area contributed by atoms with Gasteiger partial charge in [0.05, 0.1) is 25.4 Å². The Morgan fingerprint density at radius 2 is 1.76 bits per heavy atom. The van der Waals surface area contributed by atoms with E-state index in [-0.39, 0.29) is 90.4 Å². The Morgan fingerprint density at radius 3 is 2.56 bits per heavy atom. The van der Waals surface area contributed by atoms with Crippen LogP contribution in [-0.4, -0.2) is 124 Å². The smallest absolute Gasteiger partial charge is 0.262 e. The summed E-state index contributed by atoms with van der Waals surface area (Å²) in [6.07, 6.45) is -7.64. The Balaban J connectivity index is 1.36. The standard InChI is InChI=1S/C37H35N5O12/c38-37-40-34-26(35(50)41-37)39-15-42(34)23-4-2-1-3-18(23)17-7-9-51-14-24-29(47)30(48)31(49)36(53-24)54-32-21(17)12-22-25(33(32)52-10-8-43)28(46)20-11-16(13-44)5-6-19(20)27(22)45/h1-6,11-12,17,24,29-31,36,43-44,47-49H,7-10,13-15H2,(H2,38,41,50). The highest BCUT2D eigenvalue weighted by Crippen LogP contribution is 2.49. The predicted octanol–water partition coefficient (Wildman–Crippen LogP) is -1.90. The molecule has 17 heteroatoms. The Kier molecular flexibility index (Phi) is 9.41. The Bertz CT molecular complexity index is 2170. The number of ketones is 2. The van der Waals surface area contributed by atoms with E-state index in [9.17, 15) is 40.2 Å². The van der Waals surface area contributed by atoms with Gasteiger partial charge in [0, 0.05) is 46.2 Å². The van der Waals surface area contributed by atoms with Gasteiger partial charge >= 0.3 is 0 Å². The van der Waals surface area contributed by atoms with Gasteiger partial charge in [0.1, 0.15) is 36.7 Å². The van der Waals surface area contributed by atoms with Crippen molar-refractivity contribution in [2.75, 3.05) is 33.1 Å². The number of hydrogen-bond acceptors (Lipinski definition) is 14. The molecule has 5 aliphatic rings. The second-order valence-corrected chi connectivity index (χ2v) is 13.3. The van der Waals surface area contributed by atoms with E-state index in [1.807, 2.05) is 6.07 Å². The van der Waals surface area contributed by atoms with Crippen LogP contribution in [0.3, 0.4) is 0 Å². The van der Waals surface area contributed by atoms with Gasteiger partial charge in [-0.3, -0.25) is 15.0 Å². The number of rotatable bonds is 6. The highest BCUT2D eigenvalue weighted by molar-refractivity contribution is 6.66. The summed E-state index contributed by atoms with van der Waals surface area (Å²) >= 11 is 0. The fraction of sp³-hybridized carbons (Fsp3) is 0.351. The summed E-state index contributed by atoms with van der Waals surface area (Å²) in [5, 5.41) is 73.2. The van der Waals surface area contributed by atoms with E-state index in [1.165, 1.54) is 18.2 Å². The summed E-state index contributed by atoms with van der Waals surface area (Å²) in [4.78, 5) is 41.5. The molecule has 0 amide bonds. The Hall–Kier alpha value is -5.24. The van der Waals surface area contributed by atoms with Crippen LogP contribution < -0.4 is 19.5 Å². The van der Waals surface area contributed by atoms with E-state index >= 15 is 0 Å². The molecule has 4 aliphatic heterocycles. The van der Waals surface area contributed by atoms with Crippen molar-refractivity contribution in [1.82, 2.24) is 0 Å². The number of nitrogens with zero attached hydrogens (tertiary/aromatic N) is 3. The van der Waals surface area contributed by atoms with Gasteiger partial charge in [-0.05, 0) is 36.2 Å².